The Labute approximate surface area is 162 Å². The molecule has 0 amide bonds. The van der Waals surface area contributed by atoms with E-state index in [1.807, 2.05) is 11.3 Å². The van der Waals surface area contributed by atoms with Crippen LogP contribution < -0.4 is 0 Å². The molecule has 0 bridgehead atoms. The molecule has 146 valence electrons. The van der Waals surface area contributed by atoms with E-state index in [2.05, 4.69) is 25.3 Å². The van der Waals surface area contributed by atoms with Crippen LogP contribution in [0.3, 0.4) is 0 Å². The Balaban J connectivity index is 2.00. The van der Waals surface area contributed by atoms with Gasteiger partial charge in [-0.05, 0) is 42.7 Å². The summed E-state index contributed by atoms with van der Waals surface area (Å²) in [6, 6.07) is 2.39. The van der Waals surface area contributed by atoms with Crippen LogP contribution in [0.5, 0.6) is 0 Å². The molecule has 0 aliphatic heterocycles. The molecule has 0 N–H and O–H groups in total. The molecule has 0 nitrogen and oxygen atoms in total. The Morgan fingerprint density at radius 3 is 1.52 bits per heavy atom. The van der Waals surface area contributed by atoms with Crippen LogP contribution in [0, 0.1) is 0 Å². The second-order valence-corrected chi connectivity index (χ2v) is 8.82. The van der Waals surface area contributed by atoms with Gasteiger partial charge in [0.1, 0.15) is 0 Å². The Bertz CT molecular complexity index is 345. The van der Waals surface area contributed by atoms with Crippen molar-refractivity contribution < 1.29 is 0 Å². The van der Waals surface area contributed by atoms with Gasteiger partial charge in [-0.2, -0.15) is 0 Å². The third kappa shape index (κ3) is 12.7. The van der Waals surface area contributed by atoms with Crippen LogP contribution in [0.25, 0.3) is 0 Å². The van der Waals surface area contributed by atoms with Crippen LogP contribution in [0.15, 0.2) is 11.4 Å². The first-order chi connectivity index (χ1) is 12.4. The molecule has 0 aromatic carbocycles. The lowest BCUT2D eigenvalue weighted by Crippen LogP contribution is -1.91. The molecule has 1 aromatic heterocycles. The fourth-order valence-corrected chi connectivity index (χ4v) is 4.66. The molecular formula is C24H44S. The molecule has 0 saturated heterocycles. The van der Waals surface area contributed by atoms with Crippen molar-refractivity contribution in [3.8, 4) is 0 Å². The first-order valence-corrected chi connectivity index (χ1v) is 12.3. The minimum Gasteiger partial charge on any atom is -0.149 e. The summed E-state index contributed by atoms with van der Waals surface area (Å²) >= 11 is 2.00. The van der Waals surface area contributed by atoms with E-state index < -0.39 is 0 Å². The van der Waals surface area contributed by atoms with E-state index in [-0.39, 0.29) is 0 Å². The summed E-state index contributed by atoms with van der Waals surface area (Å²) in [6.45, 7) is 4.60. The van der Waals surface area contributed by atoms with E-state index in [0.717, 1.165) is 0 Å². The zero-order valence-corrected chi connectivity index (χ0v) is 18.1. The van der Waals surface area contributed by atoms with Crippen LogP contribution in [0.1, 0.15) is 127 Å². The molecule has 1 aromatic rings. The van der Waals surface area contributed by atoms with Gasteiger partial charge in [0.15, 0.2) is 0 Å². The summed E-state index contributed by atoms with van der Waals surface area (Å²) in [5.41, 5.74) is 1.67. The number of hydrogen-bond donors (Lipinski definition) is 0. The third-order valence-corrected chi connectivity index (χ3v) is 6.42. The minimum atomic E-state index is 1.32. The smallest absolute Gasteiger partial charge is 0.00772 e. The summed E-state index contributed by atoms with van der Waals surface area (Å²) in [5, 5.41) is 2.32. The van der Waals surface area contributed by atoms with E-state index in [0.29, 0.717) is 0 Å². The predicted molar refractivity (Wildman–Crippen MR) is 117 cm³/mol. The van der Waals surface area contributed by atoms with Gasteiger partial charge in [0.25, 0.3) is 0 Å². The highest BCUT2D eigenvalue weighted by molar-refractivity contribution is 7.10. The van der Waals surface area contributed by atoms with Gasteiger partial charge in [-0.25, -0.2) is 0 Å². The van der Waals surface area contributed by atoms with Gasteiger partial charge in [-0.1, -0.05) is 104 Å². The van der Waals surface area contributed by atoms with Crippen molar-refractivity contribution in [3.63, 3.8) is 0 Å². The molecular weight excluding hydrogens is 320 g/mol. The fourth-order valence-electron chi connectivity index (χ4n) is 3.68. The molecule has 0 aliphatic rings. The average Bonchev–Trinajstić information content (AvgIpc) is 3.07. The van der Waals surface area contributed by atoms with Crippen molar-refractivity contribution in [2.45, 2.75) is 129 Å². The summed E-state index contributed by atoms with van der Waals surface area (Å²) in [6.07, 6.45) is 25.5. The number of hydrogen-bond acceptors (Lipinski definition) is 1. The molecule has 0 atom stereocenters. The molecule has 1 heterocycles. The maximum Gasteiger partial charge on any atom is 0.00772 e. The Morgan fingerprint density at radius 2 is 1.00 bits per heavy atom. The predicted octanol–water partition coefficient (Wildman–Crippen LogP) is 9.11. The van der Waals surface area contributed by atoms with Crippen LogP contribution >= 0.6 is 11.3 Å². The maximum atomic E-state index is 2.39. The highest BCUT2D eigenvalue weighted by Gasteiger charge is 2.04. The fraction of sp³-hybridized carbons (Fsp3) is 0.833. The van der Waals surface area contributed by atoms with E-state index in [4.69, 9.17) is 0 Å². The highest BCUT2D eigenvalue weighted by atomic mass is 32.1. The lowest BCUT2D eigenvalue weighted by Gasteiger charge is -2.05. The molecule has 0 radical (unpaired) electrons. The quantitative estimate of drug-likeness (QED) is 0.228. The Morgan fingerprint density at radius 1 is 0.560 bits per heavy atom. The number of aryl methyl sites for hydroxylation is 2. The van der Waals surface area contributed by atoms with Gasteiger partial charge >= 0.3 is 0 Å². The lowest BCUT2D eigenvalue weighted by atomic mass is 10.0. The van der Waals surface area contributed by atoms with E-state index in [1.165, 1.54) is 116 Å². The lowest BCUT2D eigenvalue weighted by molar-refractivity contribution is 0.572. The molecule has 0 fully saturated rings. The van der Waals surface area contributed by atoms with Gasteiger partial charge in [-0.15, -0.1) is 11.3 Å². The summed E-state index contributed by atoms with van der Waals surface area (Å²) in [4.78, 5) is 1.69. The standard InChI is InChI=1S/C24H44S/c1-3-5-7-9-11-13-15-17-19-23-21-22-25-24(23)20-18-16-14-12-10-8-6-4-2/h21-22H,3-20H2,1-2H3. The van der Waals surface area contributed by atoms with Gasteiger partial charge < -0.3 is 0 Å². The summed E-state index contributed by atoms with van der Waals surface area (Å²) < 4.78 is 0. The van der Waals surface area contributed by atoms with E-state index in [9.17, 15) is 0 Å². The summed E-state index contributed by atoms with van der Waals surface area (Å²) in [5.74, 6) is 0. The number of rotatable bonds is 18. The van der Waals surface area contributed by atoms with Crippen molar-refractivity contribution in [1.29, 1.82) is 0 Å². The topological polar surface area (TPSA) is 0 Å². The van der Waals surface area contributed by atoms with Crippen LogP contribution in [-0.2, 0) is 12.8 Å². The zero-order valence-electron chi connectivity index (χ0n) is 17.3. The first-order valence-electron chi connectivity index (χ1n) is 11.4. The molecule has 1 rings (SSSR count). The zero-order chi connectivity index (χ0) is 18.0. The third-order valence-electron chi connectivity index (χ3n) is 5.39. The molecule has 1 heteroatoms. The SMILES string of the molecule is CCCCCCCCCCc1ccsc1CCCCCCCCCC. The van der Waals surface area contributed by atoms with Gasteiger partial charge in [0.2, 0.25) is 0 Å². The van der Waals surface area contributed by atoms with Crippen molar-refractivity contribution >= 4 is 11.3 Å². The number of unbranched alkanes of at least 4 members (excludes halogenated alkanes) is 14. The van der Waals surface area contributed by atoms with Crippen molar-refractivity contribution in [1.82, 2.24) is 0 Å². The molecule has 0 aliphatic carbocycles. The maximum absolute atomic E-state index is 2.39. The molecule has 25 heavy (non-hydrogen) atoms. The second-order valence-electron chi connectivity index (χ2n) is 7.82. The second kappa shape index (κ2) is 17.1. The summed E-state index contributed by atoms with van der Waals surface area (Å²) in [7, 11) is 0. The van der Waals surface area contributed by atoms with Crippen molar-refractivity contribution in [2.75, 3.05) is 0 Å². The molecule has 0 unspecified atom stereocenters. The van der Waals surface area contributed by atoms with Gasteiger partial charge in [-0.3, -0.25) is 0 Å². The van der Waals surface area contributed by atoms with Crippen LogP contribution in [0.4, 0.5) is 0 Å². The van der Waals surface area contributed by atoms with Gasteiger partial charge in [0.05, 0.1) is 0 Å². The average molecular weight is 365 g/mol. The highest BCUT2D eigenvalue weighted by Crippen LogP contribution is 2.22. The number of thiophene rings is 1. The molecule has 0 saturated carbocycles. The van der Waals surface area contributed by atoms with Crippen molar-refractivity contribution in [3.05, 3.63) is 21.9 Å². The Kier molecular flexibility index (Phi) is 15.6. The van der Waals surface area contributed by atoms with Crippen LogP contribution in [-0.4, -0.2) is 0 Å². The monoisotopic (exact) mass is 364 g/mol. The van der Waals surface area contributed by atoms with Crippen molar-refractivity contribution in [2.24, 2.45) is 0 Å². The van der Waals surface area contributed by atoms with Crippen LogP contribution in [0.2, 0.25) is 0 Å². The molecule has 0 spiro atoms. The largest absolute Gasteiger partial charge is 0.149 e. The van der Waals surface area contributed by atoms with E-state index >= 15 is 0 Å². The Hall–Kier alpha value is -0.300. The first kappa shape index (κ1) is 22.7. The normalized spacial score (nSPS) is 11.3. The minimum absolute atomic E-state index is 1.32. The van der Waals surface area contributed by atoms with Gasteiger partial charge in [0, 0.05) is 4.88 Å². The van der Waals surface area contributed by atoms with E-state index in [1.54, 1.807) is 10.4 Å².